The fourth-order valence-electron chi connectivity index (χ4n) is 8.33. The molecule has 5 aliphatic heterocycles. The topological polar surface area (TPSA) is 83.5 Å². The molecule has 7 heterocycles. The first-order valence-corrected chi connectivity index (χ1v) is 16.4. The Balaban J connectivity index is 1.31. The number of pyridine rings is 1. The maximum Gasteiger partial charge on any atom is 0.319 e. The first kappa shape index (κ1) is 30.3. The van der Waals surface area contributed by atoms with Crippen molar-refractivity contribution in [1.29, 1.82) is 0 Å². The SMILES string of the molecule is C[C@@]12CCCN(C1)c1nc(OC[C@@]34CCCN3C[C@H](F)C4)nc3c(F)c(ncc13)-c1cccc3ccc(F)c(c13)CC[C@H](F)C(=O)N2. The lowest BCUT2D eigenvalue weighted by Crippen LogP contribution is -2.58. The zero-order valence-electron chi connectivity index (χ0n) is 26.2. The Hall–Kier alpha value is -4.06. The van der Waals surface area contributed by atoms with E-state index < -0.39 is 41.0 Å². The Morgan fingerprint density at radius 3 is 2.81 bits per heavy atom. The molecule has 4 aromatic rings. The van der Waals surface area contributed by atoms with Crippen molar-refractivity contribution in [3.63, 3.8) is 0 Å². The van der Waals surface area contributed by atoms with Gasteiger partial charge in [-0.05, 0) is 74.4 Å². The van der Waals surface area contributed by atoms with E-state index in [4.69, 9.17) is 9.72 Å². The fourth-order valence-corrected chi connectivity index (χ4v) is 8.33. The maximum atomic E-state index is 16.9. The number of alkyl halides is 2. The number of hydrogen-bond donors (Lipinski definition) is 1. The normalized spacial score (nSPS) is 27.9. The van der Waals surface area contributed by atoms with Crippen LogP contribution in [0.4, 0.5) is 23.4 Å². The van der Waals surface area contributed by atoms with E-state index in [9.17, 15) is 9.18 Å². The number of aryl methyl sites for hydroxylation is 1. The van der Waals surface area contributed by atoms with Crippen LogP contribution in [0.1, 0.15) is 51.0 Å². The van der Waals surface area contributed by atoms with E-state index >= 15 is 13.2 Å². The molecule has 0 radical (unpaired) electrons. The lowest BCUT2D eigenvalue weighted by Gasteiger charge is -2.42. The molecular formula is C35H36F4N6O2. The summed E-state index contributed by atoms with van der Waals surface area (Å²) >= 11 is 0. The van der Waals surface area contributed by atoms with Gasteiger partial charge in [-0.3, -0.25) is 14.7 Å². The van der Waals surface area contributed by atoms with Crippen LogP contribution >= 0.6 is 0 Å². The number of amides is 1. The van der Waals surface area contributed by atoms with Crippen molar-refractivity contribution in [1.82, 2.24) is 25.2 Å². The van der Waals surface area contributed by atoms with E-state index in [1.165, 1.54) is 12.3 Å². The van der Waals surface area contributed by atoms with Crippen molar-refractivity contribution >= 4 is 33.4 Å². The van der Waals surface area contributed by atoms with E-state index in [2.05, 4.69) is 20.2 Å². The smallest absolute Gasteiger partial charge is 0.319 e. The van der Waals surface area contributed by atoms with Gasteiger partial charge in [0.25, 0.3) is 5.91 Å². The summed E-state index contributed by atoms with van der Waals surface area (Å²) in [5, 5.41) is 4.28. The summed E-state index contributed by atoms with van der Waals surface area (Å²) in [4.78, 5) is 31.1. The van der Waals surface area contributed by atoms with Crippen LogP contribution in [0.5, 0.6) is 6.01 Å². The van der Waals surface area contributed by atoms with Crippen molar-refractivity contribution in [2.24, 2.45) is 0 Å². The Kier molecular flexibility index (Phi) is 7.27. The van der Waals surface area contributed by atoms with Crippen LogP contribution in [0.2, 0.25) is 0 Å². The highest BCUT2D eigenvalue weighted by molar-refractivity contribution is 6.01. The average molecular weight is 649 g/mol. The number of rotatable bonds is 3. The van der Waals surface area contributed by atoms with Crippen LogP contribution in [0.15, 0.2) is 36.5 Å². The van der Waals surface area contributed by atoms with Gasteiger partial charge in [0, 0.05) is 37.8 Å². The molecule has 2 aromatic carbocycles. The minimum atomic E-state index is -1.87. The van der Waals surface area contributed by atoms with E-state index in [1.807, 2.05) is 11.8 Å². The van der Waals surface area contributed by atoms with E-state index in [-0.39, 0.29) is 48.8 Å². The summed E-state index contributed by atoms with van der Waals surface area (Å²) in [5.41, 5.74) is -0.805. The van der Waals surface area contributed by atoms with Crippen LogP contribution in [0.3, 0.4) is 0 Å². The molecule has 47 heavy (non-hydrogen) atoms. The number of benzene rings is 2. The second kappa shape index (κ2) is 11.3. The number of aromatic nitrogens is 3. The molecular weight excluding hydrogens is 612 g/mol. The van der Waals surface area contributed by atoms with Crippen LogP contribution in [0, 0.1) is 11.6 Å². The largest absolute Gasteiger partial charge is 0.461 e. The summed E-state index contributed by atoms with van der Waals surface area (Å²) in [7, 11) is 0. The zero-order chi connectivity index (χ0) is 32.5. The van der Waals surface area contributed by atoms with Gasteiger partial charge in [-0.2, -0.15) is 9.97 Å². The number of piperidine rings is 1. The van der Waals surface area contributed by atoms with E-state index in [1.54, 1.807) is 24.3 Å². The number of anilines is 1. The number of nitrogens with zero attached hydrogens (tertiary/aromatic N) is 5. The van der Waals surface area contributed by atoms with Crippen molar-refractivity contribution in [2.75, 3.05) is 37.7 Å². The van der Waals surface area contributed by atoms with Gasteiger partial charge in [-0.1, -0.05) is 24.3 Å². The van der Waals surface area contributed by atoms with Crippen LogP contribution in [0.25, 0.3) is 32.9 Å². The molecule has 3 saturated heterocycles. The molecule has 1 N–H and O–H groups in total. The minimum Gasteiger partial charge on any atom is -0.461 e. The zero-order valence-corrected chi connectivity index (χ0v) is 26.2. The number of fused-ring (bicyclic) bond motifs is 6. The maximum absolute atomic E-state index is 16.9. The summed E-state index contributed by atoms with van der Waals surface area (Å²) in [6.07, 6.45) is 1.73. The van der Waals surface area contributed by atoms with Crippen molar-refractivity contribution < 1.29 is 27.1 Å². The highest BCUT2D eigenvalue weighted by Gasteiger charge is 2.49. The first-order chi connectivity index (χ1) is 22.6. The predicted molar refractivity (Wildman–Crippen MR) is 170 cm³/mol. The van der Waals surface area contributed by atoms with E-state index in [0.717, 1.165) is 19.4 Å². The third-order valence-electron chi connectivity index (χ3n) is 10.6. The number of nitrogens with one attached hydrogen (secondary N) is 1. The molecule has 8 nitrogen and oxygen atoms in total. The molecule has 0 aliphatic carbocycles. The molecule has 246 valence electrons. The minimum absolute atomic E-state index is 0.00671. The third kappa shape index (κ3) is 5.15. The van der Waals surface area contributed by atoms with Crippen molar-refractivity contribution in [2.45, 2.75) is 75.3 Å². The van der Waals surface area contributed by atoms with Crippen LogP contribution in [-0.4, -0.2) is 82.0 Å². The molecule has 1 amide bonds. The average Bonchev–Trinajstić information content (AvgIpc) is 3.58. The lowest BCUT2D eigenvalue weighted by molar-refractivity contribution is -0.128. The quantitative estimate of drug-likeness (QED) is 0.280. The summed E-state index contributed by atoms with van der Waals surface area (Å²) in [5.74, 6) is -1.66. The summed E-state index contributed by atoms with van der Waals surface area (Å²) in [6, 6.07) is 8.01. The van der Waals surface area contributed by atoms with Gasteiger partial charge < -0.3 is 15.0 Å². The van der Waals surface area contributed by atoms with Gasteiger partial charge in [0.15, 0.2) is 12.0 Å². The standard InChI is InChI=1S/C35H36F4N6O2/c1-34-11-3-13-44(18-34)31-24-16-40-29(23-6-2-5-20-7-9-25(37)22(27(20)23)8-10-26(38)32(46)43-34)28(39)30(24)41-33(42-31)47-19-35-12-4-14-45(35)17-21(36)15-35/h2,5-7,9,16,21,26H,3-4,8,10-15,17-19H2,1H3,(H,43,46)/t21-,26+,34-,35+/m1/s1. The number of halogens is 4. The predicted octanol–water partition coefficient (Wildman–Crippen LogP) is 5.84. The number of hydrogen-bond acceptors (Lipinski definition) is 7. The molecule has 2 aromatic heterocycles. The highest BCUT2D eigenvalue weighted by atomic mass is 19.1. The molecule has 0 unspecified atom stereocenters. The lowest BCUT2D eigenvalue weighted by atomic mass is 9.90. The third-order valence-corrected chi connectivity index (χ3v) is 10.6. The van der Waals surface area contributed by atoms with Gasteiger partial charge in [0.1, 0.15) is 35.6 Å². The Morgan fingerprint density at radius 1 is 1.09 bits per heavy atom. The Labute approximate surface area is 269 Å². The van der Waals surface area contributed by atoms with E-state index in [0.29, 0.717) is 59.9 Å². The molecule has 12 heteroatoms. The Bertz CT molecular complexity index is 1910. The molecule has 4 atom stereocenters. The highest BCUT2D eigenvalue weighted by Crippen LogP contribution is 2.42. The van der Waals surface area contributed by atoms with Crippen molar-refractivity contribution in [3.8, 4) is 17.3 Å². The summed E-state index contributed by atoms with van der Waals surface area (Å²) in [6.45, 7) is 3.99. The first-order valence-electron chi connectivity index (χ1n) is 16.4. The van der Waals surface area contributed by atoms with Crippen molar-refractivity contribution in [3.05, 3.63) is 53.7 Å². The van der Waals surface area contributed by atoms with Gasteiger partial charge in [0.2, 0.25) is 0 Å². The van der Waals surface area contributed by atoms with Gasteiger partial charge >= 0.3 is 6.01 Å². The molecule has 9 rings (SSSR count). The van der Waals surface area contributed by atoms with Gasteiger partial charge in [-0.15, -0.1) is 0 Å². The monoisotopic (exact) mass is 648 g/mol. The second-order valence-corrected chi connectivity index (χ2v) is 13.9. The Morgan fingerprint density at radius 2 is 1.94 bits per heavy atom. The number of carbonyl (C=O) groups is 1. The van der Waals surface area contributed by atoms with Gasteiger partial charge in [0.05, 0.1) is 16.5 Å². The molecule has 5 aliphatic rings. The number of carbonyl (C=O) groups excluding carboxylic acids is 1. The molecule has 0 spiro atoms. The molecule has 6 bridgehead atoms. The van der Waals surface area contributed by atoms with Gasteiger partial charge in [-0.25, -0.2) is 17.6 Å². The second-order valence-electron chi connectivity index (χ2n) is 13.9. The molecule has 3 fully saturated rings. The van der Waals surface area contributed by atoms with Crippen LogP contribution in [-0.2, 0) is 11.2 Å². The number of ether oxygens (including phenoxy) is 1. The fraction of sp³-hybridized carbons (Fsp3) is 0.486. The van der Waals surface area contributed by atoms with Crippen LogP contribution < -0.4 is 15.0 Å². The molecule has 0 saturated carbocycles. The summed E-state index contributed by atoms with van der Waals surface area (Å²) < 4.78 is 68.5.